The van der Waals surface area contributed by atoms with Crippen molar-refractivity contribution in [2.75, 3.05) is 6.61 Å². The van der Waals surface area contributed by atoms with Crippen molar-refractivity contribution in [3.8, 4) is 11.5 Å². The van der Waals surface area contributed by atoms with Gasteiger partial charge in [-0.1, -0.05) is 74.0 Å². The number of benzene rings is 3. The standard InChI is InChI=1S/C25H25N3O2/c1-2-3-16-30-21-14-15-22(23(29)17-21)25(20-12-8-5-9-13-20)27-18-26-24(28-25)19-10-6-4-7-11-19/h4-15,17-18,29H,2-3,16H2,1H3,(H,26,27,28). The maximum absolute atomic E-state index is 10.9. The lowest BCUT2D eigenvalue weighted by Gasteiger charge is -2.31. The van der Waals surface area contributed by atoms with Crippen molar-refractivity contribution in [1.29, 1.82) is 0 Å². The molecule has 0 aliphatic carbocycles. The number of hydrogen-bond donors (Lipinski definition) is 2. The van der Waals surface area contributed by atoms with Crippen LogP contribution in [0.5, 0.6) is 11.5 Å². The molecule has 4 rings (SSSR count). The number of phenolic OH excluding ortho intramolecular Hbond substituents is 1. The Kier molecular flexibility index (Phi) is 5.80. The highest BCUT2D eigenvalue weighted by atomic mass is 16.5. The molecular formula is C25H25N3O2. The number of amidine groups is 1. The molecule has 1 atom stereocenters. The number of aliphatic imine (C=N–C) groups is 2. The highest BCUT2D eigenvalue weighted by Crippen LogP contribution is 2.42. The van der Waals surface area contributed by atoms with E-state index in [4.69, 9.17) is 14.7 Å². The molecule has 0 saturated carbocycles. The zero-order chi connectivity index (χ0) is 20.8. The van der Waals surface area contributed by atoms with Crippen LogP contribution in [0.4, 0.5) is 0 Å². The Morgan fingerprint density at radius 2 is 1.70 bits per heavy atom. The molecule has 0 saturated heterocycles. The molecule has 30 heavy (non-hydrogen) atoms. The van der Waals surface area contributed by atoms with Crippen LogP contribution in [0.25, 0.3) is 0 Å². The number of ether oxygens (including phenoxy) is 1. The summed E-state index contributed by atoms with van der Waals surface area (Å²) in [6.45, 7) is 2.74. The van der Waals surface area contributed by atoms with Crippen LogP contribution in [0.2, 0.25) is 0 Å². The molecule has 152 valence electrons. The van der Waals surface area contributed by atoms with Crippen molar-refractivity contribution in [1.82, 2.24) is 5.32 Å². The van der Waals surface area contributed by atoms with Gasteiger partial charge >= 0.3 is 0 Å². The predicted molar refractivity (Wildman–Crippen MR) is 120 cm³/mol. The summed E-state index contributed by atoms with van der Waals surface area (Å²) in [5.41, 5.74) is 1.32. The van der Waals surface area contributed by atoms with Crippen LogP contribution < -0.4 is 10.1 Å². The van der Waals surface area contributed by atoms with Crippen LogP contribution in [0.3, 0.4) is 0 Å². The zero-order valence-electron chi connectivity index (χ0n) is 17.0. The first-order chi connectivity index (χ1) is 14.7. The fraction of sp³-hybridized carbons (Fsp3) is 0.200. The van der Waals surface area contributed by atoms with Gasteiger partial charge in [0.05, 0.1) is 12.9 Å². The van der Waals surface area contributed by atoms with E-state index in [1.165, 1.54) is 0 Å². The lowest BCUT2D eigenvalue weighted by molar-refractivity contribution is 0.307. The first-order valence-corrected chi connectivity index (χ1v) is 10.2. The number of nitrogens with zero attached hydrogens (tertiary/aromatic N) is 2. The van der Waals surface area contributed by atoms with E-state index in [1.807, 2.05) is 72.8 Å². The van der Waals surface area contributed by atoms with Crippen LogP contribution in [-0.4, -0.2) is 23.9 Å². The van der Waals surface area contributed by atoms with Crippen molar-refractivity contribution >= 4 is 12.2 Å². The molecule has 3 aromatic carbocycles. The van der Waals surface area contributed by atoms with Crippen LogP contribution >= 0.6 is 0 Å². The van der Waals surface area contributed by atoms with Gasteiger partial charge in [-0.2, -0.15) is 0 Å². The highest BCUT2D eigenvalue weighted by Gasteiger charge is 2.38. The molecule has 5 nitrogen and oxygen atoms in total. The molecule has 0 amide bonds. The smallest absolute Gasteiger partial charge is 0.208 e. The number of rotatable bonds is 7. The highest BCUT2D eigenvalue weighted by molar-refractivity contribution is 6.06. The minimum absolute atomic E-state index is 0.100. The zero-order valence-corrected chi connectivity index (χ0v) is 17.0. The molecule has 0 radical (unpaired) electrons. The van der Waals surface area contributed by atoms with Gasteiger partial charge in [-0.15, -0.1) is 0 Å². The minimum atomic E-state index is -1.09. The van der Waals surface area contributed by atoms with Gasteiger partial charge in [0.2, 0.25) is 5.66 Å². The van der Waals surface area contributed by atoms with Gasteiger partial charge in [0, 0.05) is 22.8 Å². The molecule has 2 N–H and O–H groups in total. The van der Waals surface area contributed by atoms with Crippen molar-refractivity contribution < 1.29 is 9.84 Å². The van der Waals surface area contributed by atoms with Crippen LogP contribution in [0, 0.1) is 0 Å². The lowest BCUT2D eigenvalue weighted by atomic mass is 9.90. The molecule has 1 heterocycles. The van der Waals surface area contributed by atoms with Crippen LogP contribution in [0.1, 0.15) is 36.5 Å². The van der Waals surface area contributed by atoms with Crippen molar-refractivity contribution in [2.45, 2.75) is 25.4 Å². The molecule has 1 aliphatic rings. The average Bonchev–Trinajstić information content (AvgIpc) is 2.80. The van der Waals surface area contributed by atoms with Gasteiger partial charge < -0.3 is 15.2 Å². The summed E-state index contributed by atoms with van der Waals surface area (Å²) < 4.78 is 5.75. The number of hydrogen-bond acceptors (Lipinski definition) is 5. The Balaban J connectivity index is 1.81. The lowest BCUT2D eigenvalue weighted by Crippen LogP contribution is -2.36. The van der Waals surface area contributed by atoms with Gasteiger partial charge in [-0.05, 0) is 18.6 Å². The summed E-state index contributed by atoms with van der Waals surface area (Å²) in [7, 11) is 0. The van der Waals surface area contributed by atoms with E-state index in [-0.39, 0.29) is 5.75 Å². The van der Waals surface area contributed by atoms with E-state index >= 15 is 0 Å². The summed E-state index contributed by atoms with van der Waals surface area (Å²) in [6.07, 6.45) is 3.67. The summed E-state index contributed by atoms with van der Waals surface area (Å²) in [5.74, 6) is 1.43. The molecule has 5 heteroatoms. The normalized spacial score (nSPS) is 17.8. The largest absolute Gasteiger partial charge is 0.507 e. The Bertz CT molecular complexity index is 1050. The second kappa shape index (κ2) is 8.82. The Hall–Kier alpha value is -3.60. The summed E-state index contributed by atoms with van der Waals surface area (Å²) in [4.78, 5) is 9.72. The Morgan fingerprint density at radius 3 is 2.40 bits per heavy atom. The first-order valence-electron chi connectivity index (χ1n) is 10.2. The van der Waals surface area contributed by atoms with E-state index in [1.54, 1.807) is 12.4 Å². The van der Waals surface area contributed by atoms with Gasteiger partial charge in [-0.25, -0.2) is 9.98 Å². The van der Waals surface area contributed by atoms with Crippen LogP contribution in [0.15, 0.2) is 88.8 Å². The quantitative estimate of drug-likeness (QED) is 0.558. The van der Waals surface area contributed by atoms with E-state index in [0.717, 1.165) is 24.0 Å². The molecule has 0 aromatic heterocycles. The van der Waals surface area contributed by atoms with Gasteiger partial charge in [0.15, 0.2) is 0 Å². The molecule has 1 unspecified atom stereocenters. The second-order valence-electron chi connectivity index (χ2n) is 7.15. The van der Waals surface area contributed by atoms with Crippen LogP contribution in [-0.2, 0) is 5.66 Å². The second-order valence-corrected chi connectivity index (χ2v) is 7.15. The number of phenols is 1. The van der Waals surface area contributed by atoms with Crippen molar-refractivity contribution in [2.24, 2.45) is 9.98 Å². The first kappa shape index (κ1) is 19.7. The van der Waals surface area contributed by atoms with Gasteiger partial charge in [0.1, 0.15) is 17.3 Å². The number of nitrogens with one attached hydrogen (secondary N) is 1. The average molecular weight is 399 g/mol. The minimum Gasteiger partial charge on any atom is -0.507 e. The Labute approximate surface area is 176 Å². The van der Waals surface area contributed by atoms with E-state index in [0.29, 0.717) is 23.8 Å². The van der Waals surface area contributed by atoms with Gasteiger partial charge in [0.25, 0.3) is 0 Å². The third-order valence-electron chi connectivity index (χ3n) is 5.06. The monoisotopic (exact) mass is 399 g/mol. The third kappa shape index (κ3) is 3.92. The van der Waals surface area contributed by atoms with Crippen molar-refractivity contribution in [3.05, 3.63) is 95.6 Å². The molecule has 0 spiro atoms. The fourth-order valence-corrected chi connectivity index (χ4v) is 3.48. The van der Waals surface area contributed by atoms with E-state index < -0.39 is 5.66 Å². The molecular weight excluding hydrogens is 374 g/mol. The summed E-state index contributed by atoms with van der Waals surface area (Å²) in [6, 6.07) is 25.0. The van der Waals surface area contributed by atoms with E-state index in [2.05, 4.69) is 12.2 Å². The summed E-state index contributed by atoms with van der Waals surface area (Å²) in [5, 5.41) is 14.1. The van der Waals surface area contributed by atoms with E-state index in [9.17, 15) is 5.11 Å². The van der Waals surface area contributed by atoms with Crippen molar-refractivity contribution in [3.63, 3.8) is 0 Å². The predicted octanol–water partition coefficient (Wildman–Crippen LogP) is 4.85. The molecule has 0 fully saturated rings. The van der Waals surface area contributed by atoms with Gasteiger partial charge in [-0.3, -0.25) is 0 Å². The Morgan fingerprint density at radius 1 is 0.967 bits per heavy atom. The maximum atomic E-state index is 10.9. The molecule has 0 bridgehead atoms. The number of unbranched alkanes of at least 4 members (excludes halogenated alkanes) is 1. The number of aromatic hydroxyl groups is 1. The molecule has 1 aliphatic heterocycles. The molecule has 3 aromatic rings. The topological polar surface area (TPSA) is 66.2 Å². The fourth-order valence-electron chi connectivity index (χ4n) is 3.48. The third-order valence-corrected chi connectivity index (χ3v) is 5.06. The summed E-state index contributed by atoms with van der Waals surface area (Å²) >= 11 is 0. The maximum Gasteiger partial charge on any atom is 0.208 e. The SMILES string of the molecule is CCCCOc1ccc(C2(c3ccccc3)N=CNC(c3ccccc3)=N2)c(O)c1.